The summed E-state index contributed by atoms with van der Waals surface area (Å²) in [6.07, 6.45) is -0.367. The van der Waals surface area contributed by atoms with E-state index in [1.165, 1.54) is 0 Å². The molecule has 0 aliphatic carbocycles. The molecule has 2 heterocycles. The fourth-order valence-corrected chi connectivity index (χ4v) is 3.04. The van der Waals surface area contributed by atoms with Crippen LogP contribution in [0.15, 0.2) is 30.3 Å². The Morgan fingerprint density at radius 3 is 2.64 bits per heavy atom. The van der Waals surface area contributed by atoms with Crippen LogP contribution in [0.1, 0.15) is 25.3 Å². The Labute approximate surface area is 144 Å². The maximum Gasteiger partial charge on any atom is 0.347 e. The Balaban J connectivity index is 1.75. The van der Waals surface area contributed by atoms with Gasteiger partial charge in [0.1, 0.15) is 12.1 Å². The minimum atomic E-state index is -1.20. The highest BCUT2D eigenvalue weighted by molar-refractivity contribution is 6.09. The number of rotatable bonds is 5. The quantitative estimate of drug-likeness (QED) is 0.622. The summed E-state index contributed by atoms with van der Waals surface area (Å²) in [6.45, 7) is 1.41. The van der Waals surface area contributed by atoms with Crippen LogP contribution in [-0.2, 0) is 29.4 Å². The SMILES string of the molecule is CC[C@@]1(c2ccccc2)NC(=O)N(CC(=O)O[C@@H]2CCOC2=O)C1=O. The van der Waals surface area contributed by atoms with Crippen molar-refractivity contribution in [2.75, 3.05) is 13.2 Å². The number of carbonyl (C=O) groups excluding carboxylic acids is 4. The molecule has 3 rings (SSSR count). The molecule has 0 spiro atoms. The van der Waals surface area contributed by atoms with Gasteiger partial charge >= 0.3 is 18.0 Å². The lowest BCUT2D eigenvalue weighted by Gasteiger charge is -2.25. The highest BCUT2D eigenvalue weighted by atomic mass is 16.6. The van der Waals surface area contributed by atoms with Gasteiger partial charge in [-0.25, -0.2) is 9.59 Å². The van der Waals surface area contributed by atoms with Gasteiger partial charge < -0.3 is 14.8 Å². The van der Waals surface area contributed by atoms with Gasteiger partial charge in [0.2, 0.25) is 6.10 Å². The molecule has 8 nitrogen and oxygen atoms in total. The molecule has 0 radical (unpaired) electrons. The molecule has 0 bridgehead atoms. The molecule has 25 heavy (non-hydrogen) atoms. The van der Waals surface area contributed by atoms with Gasteiger partial charge in [-0.3, -0.25) is 14.5 Å². The van der Waals surface area contributed by atoms with E-state index in [0.29, 0.717) is 12.0 Å². The number of cyclic esters (lactones) is 1. The molecule has 8 heteroatoms. The zero-order valence-electron chi connectivity index (χ0n) is 13.7. The number of nitrogens with zero attached hydrogens (tertiary/aromatic N) is 1. The molecule has 0 aromatic heterocycles. The fraction of sp³-hybridized carbons (Fsp3) is 0.412. The summed E-state index contributed by atoms with van der Waals surface area (Å²) in [6, 6.07) is 8.19. The minimum absolute atomic E-state index is 0.187. The van der Waals surface area contributed by atoms with Gasteiger partial charge in [-0.05, 0) is 12.0 Å². The number of hydrogen-bond donors (Lipinski definition) is 1. The molecule has 0 unspecified atom stereocenters. The van der Waals surface area contributed by atoms with Gasteiger partial charge in [0.15, 0.2) is 0 Å². The number of benzene rings is 1. The summed E-state index contributed by atoms with van der Waals surface area (Å²) in [5.41, 5.74) is -0.559. The lowest BCUT2D eigenvalue weighted by Crippen LogP contribution is -2.44. The standard InChI is InChI=1S/C17H18N2O6/c1-2-17(11-6-4-3-5-7-11)15(22)19(16(23)18-17)10-13(20)25-12-8-9-24-14(12)21/h3-7,12H,2,8-10H2,1H3,(H,18,23)/t12-,17+/m1/s1. The average molecular weight is 346 g/mol. The van der Waals surface area contributed by atoms with Crippen LogP contribution in [0.25, 0.3) is 0 Å². The zero-order chi connectivity index (χ0) is 18.0. The van der Waals surface area contributed by atoms with Crippen molar-refractivity contribution in [3.05, 3.63) is 35.9 Å². The minimum Gasteiger partial charge on any atom is -0.463 e. The Morgan fingerprint density at radius 1 is 1.32 bits per heavy atom. The smallest absolute Gasteiger partial charge is 0.347 e. The molecule has 1 aromatic carbocycles. The first-order valence-electron chi connectivity index (χ1n) is 8.03. The van der Waals surface area contributed by atoms with Gasteiger partial charge in [0.25, 0.3) is 5.91 Å². The summed E-state index contributed by atoms with van der Waals surface area (Å²) in [5, 5.41) is 2.68. The number of esters is 2. The summed E-state index contributed by atoms with van der Waals surface area (Å²) in [7, 11) is 0. The molecule has 3 amide bonds. The summed E-state index contributed by atoms with van der Waals surface area (Å²) >= 11 is 0. The van der Waals surface area contributed by atoms with Crippen LogP contribution in [0.3, 0.4) is 0 Å². The lowest BCUT2D eigenvalue weighted by atomic mass is 9.87. The Morgan fingerprint density at radius 2 is 2.04 bits per heavy atom. The molecule has 2 aliphatic heterocycles. The first-order chi connectivity index (χ1) is 12.0. The summed E-state index contributed by atoms with van der Waals surface area (Å²) in [4.78, 5) is 49.3. The van der Waals surface area contributed by atoms with E-state index in [2.05, 4.69) is 5.32 Å². The Kier molecular flexibility index (Phi) is 4.43. The van der Waals surface area contributed by atoms with Crippen LogP contribution < -0.4 is 5.32 Å². The van der Waals surface area contributed by atoms with Crippen molar-refractivity contribution in [2.24, 2.45) is 0 Å². The van der Waals surface area contributed by atoms with Crippen molar-refractivity contribution in [3.8, 4) is 0 Å². The average Bonchev–Trinajstić information content (AvgIpc) is 3.12. The molecule has 132 valence electrons. The van der Waals surface area contributed by atoms with Crippen molar-refractivity contribution >= 4 is 23.9 Å². The van der Waals surface area contributed by atoms with E-state index in [-0.39, 0.29) is 13.0 Å². The number of carbonyl (C=O) groups is 4. The predicted octanol–water partition coefficient (Wildman–Crippen LogP) is 0.702. The largest absolute Gasteiger partial charge is 0.463 e. The molecule has 2 atom stereocenters. The third-order valence-corrected chi connectivity index (χ3v) is 4.42. The molecule has 1 aromatic rings. The molecular weight excluding hydrogens is 328 g/mol. The van der Waals surface area contributed by atoms with Crippen molar-refractivity contribution in [1.82, 2.24) is 10.2 Å². The number of urea groups is 1. The maximum atomic E-state index is 12.8. The van der Waals surface area contributed by atoms with E-state index in [1.807, 2.05) is 6.07 Å². The van der Waals surface area contributed by atoms with Gasteiger partial charge in [0, 0.05) is 6.42 Å². The van der Waals surface area contributed by atoms with Gasteiger partial charge in [0.05, 0.1) is 6.61 Å². The Bertz CT molecular complexity index is 719. The maximum absolute atomic E-state index is 12.8. The second-order valence-electron chi connectivity index (χ2n) is 5.88. The highest BCUT2D eigenvalue weighted by Gasteiger charge is 2.51. The van der Waals surface area contributed by atoms with Crippen LogP contribution in [-0.4, -0.2) is 48.0 Å². The highest BCUT2D eigenvalue weighted by Crippen LogP contribution is 2.32. The van der Waals surface area contributed by atoms with Gasteiger partial charge in [-0.1, -0.05) is 37.3 Å². The molecule has 2 saturated heterocycles. The molecule has 0 saturated carbocycles. The molecule has 1 N–H and O–H groups in total. The van der Waals surface area contributed by atoms with E-state index in [1.54, 1.807) is 31.2 Å². The summed E-state index contributed by atoms with van der Waals surface area (Å²) in [5.74, 6) is -1.96. The second kappa shape index (κ2) is 6.54. The first-order valence-corrected chi connectivity index (χ1v) is 8.03. The zero-order valence-corrected chi connectivity index (χ0v) is 13.7. The number of nitrogens with one attached hydrogen (secondary N) is 1. The third kappa shape index (κ3) is 2.95. The van der Waals surface area contributed by atoms with E-state index in [9.17, 15) is 19.2 Å². The van der Waals surface area contributed by atoms with Crippen LogP contribution in [0.4, 0.5) is 4.79 Å². The van der Waals surface area contributed by atoms with Crippen LogP contribution in [0, 0.1) is 0 Å². The predicted molar refractivity (Wildman–Crippen MR) is 84.1 cm³/mol. The van der Waals surface area contributed by atoms with Gasteiger partial charge in [-0.15, -0.1) is 0 Å². The van der Waals surface area contributed by atoms with Crippen LogP contribution >= 0.6 is 0 Å². The number of hydrogen-bond acceptors (Lipinski definition) is 6. The van der Waals surface area contributed by atoms with Crippen LogP contribution in [0.5, 0.6) is 0 Å². The van der Waals surface area contributed by atoms with E-state index in [4.69, 9.17) is 9.47 Å². The van der Waals surface area contributed by atoms with Crippen molar-refractivity contribution < 1.29 is 28.7 Å². The topological polar surface area (TPSA) is 102 Å². The third-order valence-electron chi connectivity index (χ3n) is 4.42. The second-order valence-corrected chi connectivity index (χ2v) is 5.88. The Hall–Kier alpha value is -2.90. The monoisotopic (exact) mass is 346 g/mol. The molecule has 2 fully saturated rings. The van der Waals surface area contributed by atoms with Crippen molar-refractivity contribution in [1.29, 1.82) is 0 Å². The van der Waals surface area contributed by atoms with E-state index < -0.39 is 42.1 Å². The van der Waals surface area contributed by atoms with Crippen LogP contribution in [0.2, 0.25) is 0 Å². The van der Waals surface area contributed by atoms with E-state index in [0.717, 1.165) is 4.90 Å². The van der Waals surface area contributed by atoms with Gasteiger partial charge in [-0.2, -0.15) is 0 Å². The molecule has 2 aliphatic rings. The van der Waals surface area contributed by atoms with Crippen molar-refractivity contribution in [3.63, 3.8) is 0 Å². The number of imide groups is 1. The summed E-state index contributed by atoms with van der Waals surface area (Å²) < 4.78 is 9.71. The molecular formula is C17H18N2O6. The number of amides is 3. The van der Waals surface area contributed by atoms with E-state index >= 15 is 0 Å². The van der Waals surface area contributed by atoms with Crippen molar-refractivity contribution in [2.45, 2.75) is 31.4 Å². The lowest BCUT2D eigenvalue weighted by molar-refractivity contribution is -0.161. The number of ether oxygens (including phenoxy) is 2. The first kappa shape index (κ1) is 16.9. The fourth-order valence-electron chi connectivity index (χ4n) is 3.04. The normalized spacial score (nSPS) is 25.7.